The fraction of sp³-hybridized carbons (Fsp3) is 0.889. The predicted molar refractivity (Wildman–Crippen MR) is 48.2 cm³/mol. The van der Waals surface area contributed by atoms with Crippen LogP contribution in [0.3, 0.4) is 0 Å². The number of carboxylic acid groups (broad SMARTS) is 1. The largest absolute Gasteiger partial charge is 0.479 e. The summed E-state index contributed by atoms with van der Waals surface area (Å²) < 4.78 is 10.4. The topological polar surface area (TPSA) is 59.0 Å². The zero-order valence-corrected chi connectivity index (χ0v) is 8.02. The second-order valence-corrected chi connectivity index (χ2v) is 3.71. The SMILES string of the molecule is O=C(O)C1CN(C2CCOC2)CCO1. The molecule has 2 unspecified atom stereocenters. The van der Waals surface area contributed by atoms with E-state index in [-0.39, 0.29) is 0 Å². The third-order valence-electron chi connectivity index (χ3n) is 2.80. The fourth-order valence-electron chi connectivity index (χ4n) is 1.96. The minimum atomic E-state index is -0.867. The van der Waals surface area contributed by atoms with E-state index in [2.05, 4.69) is 4.90 Å². The summed E-state index contributed by atoms with van der Waals surface area (Å²) >= 11 is 0. The van der Waals surface area contributed by atoms with Crippen LogP contribution in [0.15, 0.2) is 0 Å². The monoisotopic (exact) mass is 201 g/mol. The molecule has 0 amide bonds. The molecule has 2 rings (SSSR count). The van der Waals surface area contributed by atoms with Crippen molar-refractivity contribution < 1.29 is 19.4 Å². The lowest BCUT2D eigenvalue weighted by molar-refractivity contribution is -0.157. The number of morpholine rings is 1. The maximum Gasteiger partial charge on any atom is 0.334 e. The third-order valence-corrected chi connectivity index (χ3v) is 2.80. The summed E-state index contributed by atoms with van der Waals surface area (Å²) in [5.74, 6) is -0.867. The minimum Gasteiger partial charge on any atom is -0.479 e. The van der Waals surface area contributed by atoms with Crippen LogP contribution in [-0.4, -0.2) is 61.0 Å². The number of carbonyl (C=O) groups is 1. The minimum absolute atomic E-state index is 0.390. The average molecular weight is 201 g/mol. The highest BCUT2D eigenvalue weighted by Gasteiger charge is 2.31. The van der Waals surface area contributed by atoms with Crippen molar-refractivity contribution in [1.29, 1.82) is 0 Å². The molecule has 5 heteroatoms. The van der Waals surface area contributed by atoms with Gasteiger partial charge in [0.15, 0.2) is 6.10 Å². The molecule has 0 aliphatic carbocycles. The molecule has 2 fully saturated rings. The van der Waals surface area contributed by atoms with Gasteiger partial charge in [-0.05, 0) is 6.42 Å². The maximum absolute atomic E-state index is 10.7. The number of hydrogen-bond acceptors (Lipinski definition) is 4. The van der Waals surface area contributed by atoms with Crippen LogP contribution in [0.1, 0.15) is 6.42 Å². The summed E-state index contributed by atoms with van der Waals surface area (Å²) in [6.07, 6.45) is 0.344. The zero-order valence-electron chi connectivity index (χ0n) is 8.02. The first-order valence-corrected chi connectivity index (χ1v) is 4.93. The van der Waals surface area contributed by atoms with E-state index in [1.807, 2.05) is 0 Å². The van der Waals surface area contributed by atoms with Gasteiger partial charge in [-0.15, -0.1) is 0 Å². The van der Waals surface area contributed by atoms with E-state index >= 15 is 0 Å². The molecule has 0 aromatic rings. The molecule has 2 saturated heterocycles. The van der Waals surface area contributed by atoms with E-state index in [0.717, 1.165) is 26.2 Å². The van der Waals surface area contributed by atoms with Crippen molar-refractivity contribution in [2.24, 2.45) is 0 Å². The molecule has 0 aromatic heterocycles. The molecular weight excluding hydrogens is 186 g/mol. The van der Waals surface area contributed by atoms with Crippen molar-refractivity contribution in [3.8, 4) is 0 Å². The molecular formula is C9H15NO4. The Balaban J connectivity index is 1.89. The Morgan fingerprint density at radius 1 is 1.43 bits per heavy atom. The van der Waals surface area contributed by atoms with Crippen LogP contribution >= 0.6 is 0 Å². The molecule has 14 heavy (non-hydrogen) atoms. The van der Waals surface area contributed by atoms with Crippen molar-refractivity contribution in [1.82, 2.24) is 4.90 Å². The van der Waals surface area contributed by atoms with E-state index in [0.29, 0.717) is 19.2 Å². The summed E-state index contributed by atoms with van der Waals surface area (Å²) in [7, 11) is 0. The first-order valence-electron chi connectivity index (χ1n) is 4.93. The van der Waals surface area contributed by atoms with Crippen molar-refractivity contribution in [2.45, 2.75) is 18.6 Å². The van der Waals surface area contributed by atoms with Gasteiger partial charge in [0.25, 0.3) is 0 Å². The molecule has 2 aliphatic rings. The molecule has 2 atom stereocenters. The quantitative estimate of drug-likeness (QED) is 0.656. The van der Waals surface area contributed by atoms with Crippen LogP contribution < -0.4 is 0 Å². The number of rotatable bonds is 2. The standard InChI is InChI=1S/C9H15NO4/c11-9(12)8-5-10(2-4-14-8)7-1-3-13-6-7/h7-8H,1-6H2,(H,11,12). The fourth-order valence-corrected chi connectivity index (χ4v) is 1.96. The van der Waals surface area contributed by atoms with Gasteiger partial charge in [0.1, 0.15) is 0 Å². The molecule has 2 heterocycles. The highest BCUT2D eigenvalue weighted by molar-refractivity contribution is 5.72. The predicted octanol–water partition coefficient (Wildman–Crippen LogP) is -0.439. The Morgan fingerprint density at radius 2 is 2.29 bits per heavy atom. The van der Waals surface area contributed by atoms with Crippen LogP contribution in [0.2, 0.25) is 0 Å². The highest BCUT2D eigenvalue weighted by Crippen LogP contribution is 2.16. The number of hydrogen-bond donors (Lipinski definition) is 1. The van der Waals surface area contributed by atoms with E-state index in [1.54, 1.807) is 0 Å². The second kappa shape index (κ2) is 4.25. The Morgan fingerprint density at radius 3 is 2.93 bits per heavy atom. The first kappa shape index (κ1) is 9.89. The van der Waals surface area contributed by atoms with Gasteiger partial charge >= 0.3 is 5.97 Å². The third kappa shape index (κ3) is 2.05. The molecule has 80 valence electrons. The molecule has 1 N–H and O–H groups in total. The van der Waals surface area contributed by atoms with Crippen LogP contribution in [0, 0.1) is 0 Å². The molecule has 2 aliphatic heterocycles. The number of aliphatic carboxylic acids is 1. The Labute approximate surface area is 82.6 Å². The smallest absolute Gasteiger partial charge is 0.334 e. The van der Waals surface area contributed by atoms with Crippen molar-refractivity contribution in [3.05, 3.63) is 0 Å². The second-order valence-electron chi connectivity index (χ2n) is 3.71. The molecule has 0 saturated carbocycles. The molecule has 5 nitrogen and oxygen atoms in total. The number of ether oxygens (including phenoxy) is 2. The average Bonchev–Trinajstić information content (AvgIpc) is 2.71. The Hall–Kier alpha value is -0.650. The molecule has 0 bridgehead atoms. The lowest BCUT2D eigenvalue weighted by Crippen LogP contribution is -2.50. The number of nitrogens with zero attached hydrogens (tertiary/aromatic N) is 1. The van der Waals surface area contributed by atoms with Gasteiger partial charge in [0.2, 0.25) is 0 Å². The summed E-state index contributed by atoms with van der Waals surface area (Å²) in [5, 5.41) is 8.82. The summed E-state index contributed by atoms with van der Waals surface area (Å²) in [6, 6.07) is 0.390. The zero-order chi connectivity index (χ0) is 9.97. The van der Waals surface area contributed by atoms with Gasteiger partial charge < -0.3 is 14.6 Å². The van der Waals surface area contributed by atoms with Gasteiger partial charge in [-0.3, -0.25) is 4.90 Å². The first-order chi connectivity index (χ1) is 6.77. The van der Waals surface area contributed by atoms with Crippen molar-refractivity contribution in [2.75, 3.05) is 32.9 Å². The van der Waals surface area contributed by atoms with Crippen LogP contribution in [-0.2, 0) is 14.3 Å². The van der Waals surface area contributed by atoms with Gasteiger partial charge in [-0.2, -0.15) is 0 Å². The Bertz CT molecular complexity index is 215. The van der Waals surface area contributed by atoms with E-state index in [1.165, 1.54) is 0 Å². The van der Waals surface area contributed by atoms with Crippen LogP contribution in [0.25, 0.3) is 0 Å². The molecule has 0 aromatic carbocycles. The highest BCUT2D eigenvalue weighted by atomic mass is 16.5. The van der Waals surface area contributed by atoms with Gasteiger partial charge in [0.05, 0.1) is 13.2 Å². The van der Waals surface area contributed by atoms with Gasteiger partial charge in [-0.25, -0.2) is 4.79 Å². The van der Waals surface area contributed by atoms with Crippen molar-refractivity contribution >= 4 is 5.97 Å². The van der Waals surface area contributed by atoms with Crippen molar-refractivity contribution in [3.63, 3.8) is 0 Å². The van der Waals surface area contributed by atoms with E-state index < -0.39 is 12.1 Å². The molecule has 0 radical (unpaired) electrons. The number of carboxylic acids is 1. The van der Waals surface area contributed by atoms with Gasteiger partial charge in [-0.1, -0.05) is 0 Å². The van der Waals surface area contributed by atoms with Crippen LogP contribution in [0.5, 0.6) is 0 Å². The van der Waals surface area contributed by atoms with Gasteiger partial charge in [0, 0.05) is 25.7 Å². The maximum atomic E-state index is 10.7. The lowest BCUT2D eigenvalue weighted by atomic mass is 10.2. The summed E-state index contributed by atoms with van der Waals surface area (Å²) in [5.41, 5.74) is 0. The Kier molecular flexibility index (Phi) is 3.00. The molecule has 0 spiro atoms. The normalized spacial score (nSPS) is 34.6. The summed E-state index contributed by atoms with van der Waals surface area (Å²) in [4.78, 5) is 12.9. The lowest BCUT2D eigenvalue weighted by Gasteiger charge is -2.34. The summed E-state index contributed by atoms with van der Waals surface area (Å²) in [6.45, 7) is 3.33. The van der Waals surface area contributed by atoms with E-state index in [4.69, 9.17) is 14.6 Å². The van der Waals surface area contributed by atoms with Crippen LogP contribution in [0.4, 0.5) is 0 Å². The van der Waals surface area contributed by atoms with E-state index in [9.17, 15) is 4.79 Å².